The average molecular weight is 386 g/mol. The molecular formula is C19H19N3O2S2. The lowest BCUT2D eigenvalue weighted by Crippen LogP contribution is -2.05. The van der Waals surface area contributed by atoms with E-state index in [-0.39, 0.29) is 5.78 Å². The number of ketones is 1. The number of nitrogens with one attached hydrogen (secondary N) is 1. The molecule has 0 bridgehead atoms. The number of ether oxygens (including phenoxy) is 1. The van der Waals surface area contributed by atoms with Crippen molar-refractivity contribution in [1.82, 2.24) is 10.2 Å². The molecule has 0 aliphatic heterocycles. The number of nitrogens with zero attached hydrogens (tertiary/aromatic N) is 2. The molecule has 0 spiro atoms. The summed E-state index contributed by atoms with van der Waals surface area (Å²) in [5.74, 6) is 1.26. The molecule has 0 unspecified atom stereocenters. The molecule has 2 aromatic carbocycles. The van der Waals surface area contributed by atoms with E-state index >= 15 is 0 Å². The third-order valence-electron chi connectivity index (χ3n) is 3.77. The first kappa shape index (κ1) is 18.4. The van der Waals surface area contributed by atoms with Crippen molar-refractivity contribution in [3.63, 3.8) is 0 Å². The normalized spacial score (nSPS) is 10.6. The lowest BCUT2D eigenvalue weighted by Gasteiger charge is -2.05. The molecule has 0 aliphatic carbocycles. The number of aryl methyl sites for hydroxylation is 2. The van der Waals surface area contributed by atoms with Gasteiger partial charge in [0.15, 0.2) is 10.1 Å². The van der Waals surface area contributed by atoms with Crippen LogP contribution >= 0.6 is 23.1 Å². The number of anilines is 2. The fourth-order valence-electron chi connectivity index (χ4n) is 2.36. The highest BCUT2D eigenvalue weighted by Crippen LogP contribution is 2.29. The highest BCUT2D eigenvalue weighted by Gasteiger charge is 2.12. The Balaban J connectivity index is 1.59. The zero-order chi connectivity index (χ0) is 18.5. The molecule has 3 aromatic rings. The van der Waals surface area contributed by atoms with Gasteiger partial charge in [-0.15, -0.1) is 10.2 Å². The van der Waals surface area contributed by atoms with Gasteiger partial charge in [-0.2, -0.15) is 0 Å². The molecule has 0 amide bonds. The Morgan fingerprint density at radius 2 is 1.92 bits per heavy atom. The second-order valence-corrected chi connectivity index (χ2v) is 7.96. The predicted octanol–water partition coefficient (Wildman–Crippen LogP) is 4.88. The first-order valence-electron chi connectivity index (χ1n) is 8.03. The molecule has 0 atom stereocenters. The summed E-state index contributed by atoms with van der Waals surface area (Å²) in [5.41, 5.74) is 3.77. The van der Waals surface area contributed by atoms with Crippen LogP contribution in [0.5, 0.6) is 5.75 Å². The maximum absolute atomic E-state index is 12.5. The summed E-state index contributed by atoms with van der Waals surface area (Å²) in [6.07, 6.45) is 0. The van der Waals surface area contributed by atoms with Gasteiger partial charge in [-0.3, -0.25) is 4.79 Å². The van der Waals surface area contributed by atoms with E-state index in [2.05, 4.69) is 15.5 Å². The first-order valence-corrected chi connectivity index (χ1v) is 9.83. The summed E-state index contributed by atoms with van der Waals surface area (Å²) in [5, 5.41) is 12.2. The van der Waals surface area contributed by atoms with Crippen LogP contribution in [0.25, 0.3) is 0 Å². The highest BCUT2D eigenvalue weighted by molar-refractivity contribution is 8.01. The van der Waals surface area contributed by atoms with E-state index in [9.17, 15) is 4.79 Å². The topological polar surface area (TPSA) is 64.1 Å². The SMILES string of the molecule is COc1ccc(Nc2nnc(SCC(=O)c3cc(C)ccc3C)s2)cc1. The third-order valence-corrected chi connectivity index (χ3v) is 5.74. The van der Waals surface area contributed by atoms with Gasteiger partial charge in [-0.05, 0) is 49.7 Å². The molecule has 5 nitrogen and oxygen atoms in total. The summed E-state index contributed by atoms with van der Waals surface area (Å²) in [6.45, 7) is 3.95. The summed E-state index contributed by atoms with van der Waals surface area (Å²) in [7, 11) is 1.64. The maximum atomic E-state index is 12.5. The lowest BCUT2D eigenvalue weighted by atomic mass is 10.0. The van der Waals surface area contributed by atoms with Crippen molar-refractivity contribution >= 4 is 39.7 Å². The summed E-state index contributed by atoms with van der Waals surface area (Å²) in [4.78, 5) is 12.5. The van der Waals surface area contributed by atoms with Gasteiger partial charge < -0.3 is 10.1 Å². The van der Waals surface area contributed by atoms with Crippen molar-refractivity contribution < 1.29 is 9.53 Å². The highest BCUT2D eigenvalue weighted by atomic mass is 32.2. The van der Waals surface area contributed by atoms with E-state index in [0.717, 1.165) is 32.5 Å². The number of carbonyl (C=O) groups is 1. The van der Waals surface area contributed by atoms with Crippen LogP contribution in [0.1, 0.15) is 21.5 Å². The van der Waals surface area contributed by atoms with Crippen LogP contribution in [0.2, 0.25) is 0 Å². The number of hydrogen-bond donors (Lipinski definition) is 1. The number of hydrogen-bond acceptors (Lipinski definition) is 7. The minimum atomic E-state index is 0.107. The molecule has 134 valence electrons. The second kappa shape index (κ2) is 8.33. The van der Waals surface area contributed by atoms with Crippen LogP contribution in [0.15, 0.2) is 46.8 Å². The Morgan fingerprint density at radius 1 is 1.15 bits per heavy atom. The summed E-state index contributed by atoms with van der Waals surface area (Å²) in [6, 6.07) is 13.5. The van der Waals surface area contributed by atoms with Gasteiger partial charge >= 0.3 is 0 Å². The number of Topliss-reactive ketones (excluding diaryl/α,β-unsaturated/α-hetero) is 1. The number of aromatic nitrogens is 2. The van der Waals surface area contributed by atoms with Gasteiger partial charge in [-0.1, -0.05) is 40.8 Å². The number of rotatable bonds is 7. The Kier molecular flexibility index (Phi) is 5.90. The Labute approximate surface area is 160 Å². The zero-order valence-electron chi connectivity index (χ0n) is 14.8. The van der Waals surface area contributed by atoms with E-state index in [0.29, 0.717) is 10.9 Å². The summed E-state index contributed by atoms with van der Waals surface area (Å²) >= 11 is 2.84. The number of thioether (sulfide) groups is 1. The fraction of sp³-hybridized carbons (Fsp3) is 0.211. The molecule has 1 heterocycles. The van der Waals surface area contributed by atoms with E-state index < -0.39 is 0 Å². The van der Waals surface area contributed by atoms with Gasteiger partial charge in [0.2, 0.25) is 5.13 Å². The second-order valence-electron chi connectivity index (χ2n) is 5.76. The minimum absolute atomic E-state index is 0.107. The molecule has 3 rings (SSSR count). The molecule has 7 heteroatoms. The van der Waals surface area contributed by atoms with Gasteiger partial charge in [-0.25, -0.2) is 0 Å². The molecule has 0 aliphatic rings. The molecule has 1 N–H and O–H groups in total. The van der Waals surface area contributed by atoms with Gasteiger partial charge in [0.25, 0.3) is 0 Å². The summed E-state index contributed by atoms with van der Waals surface area (Å²) < 4.78 is 5.91. The van der Waals surface area contributed by atoms with Crippen LogP contribution in [0.4, 0.5) is 10.8 Å². The monoisotopic (exact) mass is 385 g/mol. The zero-order valence-corrected chi connectivity index (χ0v) is 16.4. The molecule has 0 fully saturated rings. The van der Waals surface area contributed by atoms with Crippen LogP contribution < -0.4 is 10.1 Å². The van der Waals surface area contributed by atoms with Crippen LogP contribution in [0, 0.1) is 13.8 Å². The quantitative estimate of drug-likeness (QED) is 0.462. The number of methoxy groups -OCH3 is 1. The largest absolute Gasteiger partial charge is 0.497 e. The van der Waals surface area contributed by atoms with Crippen LogP contribution in [0.3, 0.4) is 0 Å². The van der Waals surface area contributed by atoms with Gasteiger partial charge in [0.1, 0.15) is 5.75 Å². The van der Waals surface area contributed by atoms with E-state index in [1.807, 2.05) is 56.3 Å². The molecule has 0 saturated carbocycles. The Bertz CT molecular complexity index is 907. The van der Waals surface area contributed by atoms with E-state index in [1.165, 1.54) is 23.1 Å². The van der Waals surface area contributed by atoms with Crippen molar-refractivity contribution in [1.29, 1.82) is 0 Å². The maximum Gasteiger partial charge on any atom is 0.210 e. The van der Waals surface area contributed by atoms with E-state index in [4.69, 9.17) is 4.74 Å². The fourth-order valence-corrected chi connectivity index (χ4v) is 4.01. The van der Waals surface area contributed by atoms with Crippen molar-refractivity contribution in [3.05, 3.63) is 59.2 Å². The van der Waals surface area contributed by atoms with Crippen molar-refractivity contribution in [2.24, 2.45) is 0 Å². The standard InChI is InChI=1S/C19H19N3O2S2/c1-12-4-5-13(2)16(10-12)17(23)11-25-19-22-21-18(26-19)20-14-6-8-15(24-3)9-7-14/h4-10H,11H2,1-3H3,(H,20,21). The van der Waals surface area contributed by atoms with Crippen molar-refractivity contribution in [2.45, 2.75) is 18.2 Å². The van der Waals surface area contributed by atoms with Crippen LogP contribution in [-0.4, -0.2) is 28.8 Å². The minimum Gasteiger partial charge on any atom is -0.497 e. The average Bonchev–Trinajstić information content (AvgIpc) is 3.09. The van der Waals surface area contributed by atoms with Crippen molar-refractivity contribution in [3.8, 4) is 5.75 Å². The number of carbonyl (C=O) groups excluding carboxylic acids is 1. The third kappa shape index (κ3) is 4.62. The van der Waals surface area contributed by atoms with Gasteiger partial charge in [0.05, 0.1) is 12.9 Å². The van der Waals surface area contributed by atoms with Crippen molar-refractivity contribution in [2.75, 3.05) is 18.2 Å². The molecule has 0 radical (unpaired) electrons. The first-order chi connectivity index (χ1) is 12.5. The Hall–Kier alpha value is -2.38. The number of benzene rings is 2. The lowest BCUT2D eigenvalue weighted by molar-refractivity contribution is 0.102. The predicted molar refractivity (Wildman–Crippen MR) is 107 cm³/mol. The van der Waals surface area contributed by atoms with Crippen LogP contribution in [-0.2, 0) is 0 Å². The smallest absolute Gasteiger partial charge is 0.210 e. The van der Waals surface area contributed by atoms with E-state index in [1.54, 1.807) is 7.11 Å². The molecule has 1 aromatic heterocycles. The molecule has 0 saturated heterocycles. The van der Waals surface area contributed by atoms with Gasteiger partial charge in [0, 0.05) is 11.3 Å². The Morgan fingerprint density at radius 3 is 2.65 bits per heavy atom. The molecule has 26 heavy (non-hydrogen) atoms. The molecular weight excluding hydrogens is 366 g/mol.